The summed E-state index contributed by atoms with van der Waals surface area (Å²) < 4.78 is 17.1. The van der Waals surface area contributed by atoms with Crippen LogP contribution in [0.4, 0.5) is 0 Å². The normalized spacial score (nSPS) is 10.5. The van der Waals surface area contributed by atoms with Crippen molar-refractivity contribution in [3.05, 3.63) is 95.1 Å². The van der Waals surface area contributed by atoms with Crippen molar-refractivity contribution >= 4 is 23.5 Å². The van der Waals surface area contributed by atoms with Crippen LogP contribution in [0.2, 0.25) is 5.02 Å². The van der Waals surface area contributed by atoms with E-state index in [0.717, 1.165) is 0 Å². The summed E-state index contributed by atoms with van der Waals surface area (Å²) in [5, 5.41) is 5.05. The molecule has 0 unspecified atom stereocenters. The highest BCUT2D eigenvalue weighted by Gasteiger charge is 2.31. The lowest BCUT2D eigenvalue weighted by Gasteiger charge is -2.08. The maximum absolute atomic E-state index is 12.7. The van der Waals surface area contributed by atoms with Crippen LogP contribution < -0.4 is 4.74 Å². The Morgan fingerprint density at radius 3 is 2.09 bits per heavy atom. The van der Waals surface area contributed by atoms with Crippen LogP contribution in [0.25, 0.3) is 16.9 Å². The smallest absolute Gasteiger partial charge is 0.357 e. The molecule has 0 N–H and O–H groups in total. The van der Waals surface area contributed by atoms with E-state index < -0.39 is 11.9 Å². The van der Waals surface area contributed by atoms with E-state index in [1.54, 1.807) is 60.7 Å². The highest BCUT2D eigenvalue weighted by atomic mass is 35.5. The lowest BCUT2D eigenvalue weighted by Crippen LogP contribution is -2.15. The molecular formula is C25H19ClN2O5. The average molecular weight is 463 g/mol. The fraction of sp³-hybridized carbons (Fsp3) is 0.0800. The van der Waals surface area contributed by atoms with Crippen LogP contribution in [-0.2, 0) is 9.47 Å². The fourth-order valence-corrected chi connectivity index (χ4v) is 3.47. The van der Waals surface area contributed by atoms with Gasteiger partial charge in [0.1, 0.15) is 22.8 Å². The Bertz CT molecular complexity index is 1300. The number of hydrogen-bond donors (Lipinski definition) is 0. The van der Waals surface area contributed by atoms with Crippen LogP contribution in [0.1, 0.15) is 20.8 Å². The van der Waals surface area contributed by atoms with Crippen LogP contribution in [0, 0.1) is 0 Å². The van der Waals surface area contributed by atoms with Gasteiger partial charge in [-0.1, -0.05) is 41.9 Å². The lowest BCUT2D eigenvalue weighted by atomic mass is 10.1. The Kier molecular flexibility index (Phi) is 6.42. The highest BCUT2D eigenvalue weighted by Crippen LogP contribution is 2.33. The molecule has 0 saturated carbocycles. The van der Waals surface area contributed by atoms with Crippen LogP contribution in [-0.4, -0.2) is 35.9 Å². The summed E-state index contributed by atoms with van der Waals surface area (Å²) >= 11 is 6.16. The van der Waals surface area contributed by atoms with Gasteiger partial charge in [-0.3, -0.25) is 0 Å². The first-order valence-corrected chi connectivity index (χ1v) is 10.3. The van der Waals surface area contributed by atoms with Crippen LogP contribution in [0.15, 0.2) is 78.9 Å². The van der Waals surface area contributed by atoms with Gasteiger partial charge in [0.15, 0.2) is 5.69 Å². The lowest BCUT2D eigenvalue weighted by molar-refractivity contribution is 0.0549. The molecule has 4 aromatic rings. The summed E-state index contributed by atoms with van der Waals surface area (Å²) in [5.41, 5.74) is 1.43. The van der Waals surface area contributed by atoms with E-state index in [1.807, 2.05) is 18.2 Å². The second-order valence-corrected chi connectivity index (χ2v) is 7.27. The van der Waals surface area contributed by atoms with Gasteiger partial charge in [0, 0.05) is 5.56 Å². The molecule has 1 aromatic heterocycles. The number of carbonyl (C=O) groups is 2. The molecule has 0 fully saturated rings. The molecule has 0 saturated heterocycles. The average Bonchev–Trinajstić information content (AvgIpc) is 3.26. The number of rotatable bonds is 6. The zero-order valence-electron chi connectivity index (χ0n) is 17.8. The van der Waals surface area contributed by atoms with Crippen molar-refractivity contribution in [1.29, 1.82) is 0 Å². The van der Waals surface area contributed by atoms with Crippen molar-refractivity contribution in [3.8, 4) is 28.4 Å². The van der Waals surface area contributed by atoms with E-state index >= 15 is 0 Å². The summed E-state index contributed by atoms with van der Waals surface area (Å²) in [4.78, 5) is 25.4. The first kappa shape index (κ1) is 22.1. The van der Waals surface area contributed by atoms with Crippen LogP contribution in [0.5, 0.6) is 11.5 Å². The molecule has 166 valence electrons. The Hall–Kier alpha value is -4.10. The van der Waals surface area contributed by atoms with Gasteiger partial charge in [-0.05, 0) is 48.5 Å². The predicted octanol–water partition coefficient (Wildman–Crippen LogP) is 5.56. The Morgan fingerprint density at radius 1 is 0.818 bits per heavy atom. The fourth-order valence-electron chi connectivity index (χ4n) is 3.29. The van der Waals surface area contributed by atoms with Crippen molar-refractivity contribution in [1.82, 2.24) is 9.78 Å². The Balaban J connectivity index is 1.81. The first-order valence-electron chi connectivity index (χ1n) is 9.91. The number of aromatic nitrogens is 2. The topological polar surface area (TPSA) is 79.7 Å². The number of para-hydroxylation sites is 2. The number of ether oxygens (including phenoxy) is 3. The molecule has 0 atom stereocenters. The Morgan fingerprint density at radius 2 is 1.45 bits per heavy atom. The molecule has 33 heavy (non-hydrogen) atoms. The van der Waals surface area contributed by atoms with Crippen molar-refractivity contribution in [2.75, 3.05) is 14.2 Å². The van der Waals surface area contributed by atoms with Gasteiger partial charge in [-0.2, -0.15) is 5.10 Å². The number of methoxy groups -OCH3 is 2. The molecule has 1 heterocycles. The third kappa shape index (κ3) is 4.44. The zero-order valence-corrected chi connectivity index (χ0v) is 18.6. The number of benzene rings is 3. The predicted molar refractivity (Wildman–Crippen MR) is 123 cm³/mol. The van der Waals surface area contributed by atoms with E-state index in [-0.39, 0.29) is 17.0 Å². The minimum atomic E-state index is -0.711. The summed E-state index contributed by atoms with van der Waals surface area (Å²) in [5.74, 6) is -0.355. The molecule has 0 spiro atoms. The molecule has 7 nitrogen and oxygen atoms in total. The zero-order chi connectivity index (χ0) is 23.4. The molecule has 4 rings (SSSR count). The number of hydrogen-bond acceptors (Lipinski definition) is 6. The summed E-state index contributed by atoms with van der Waals surface area (Å²) in [6, 6.07) is 23.0. The number of halogens is 1. The third-order valence-electron chi connectivity index (χ3n) is 4.85. The van der Waals surface area contributed by atoms with Gasteiger partial charge >= 0.3 is 11.9 Å². The van der Waals surface area contributed by atoms with Crippen LogP contribution in [0.3, 0.4) is 0 Å². The van der Waals surface area contributed by atoms with Gasteiger partial charge in [0.25, 0.3) is 0 Å². The molecule has 0 amide bonds. The van der Waals surface area contributed by atoms with Gasteiger partial charge in [0.05, 0.1) is 24.9 Å². The molecule has 0 radical (unpaired) electrons. The highest BCUT2D eigenvalue weighted by molar-refractivity contribution is 6.32. The van der Waals surface area contributed by atoms with Gasteiger partial charge < -0.3 is 14.2 Å². The van der Waals surface area contributed by atoms with Gasteiger partial charge in [-0.25, -0.2) is 14.3 Å². The van der Waals surface area contributed by atoms with Crippen molar-refractivity contribution in [2.45, 2.75) is 0 Å². The van der Waals surface area contributed by atoms with Crippen molar-refractivity contribution in [3.63, 3.8) is 0 Å². The van der Waals surface area contributed by atoms with Gasteiger partial charge in [-0.15, -0.1) is 0 Å². The second kappa shape index (κ2) is 9.58. The van der Waals surface area contributed by atoms with E-state index in [4.69, 9.17) is 25.8 Å². The monoisotopic (exact) mass is 462 g/mol. The number of carbonyl (C=O) groups excluding carboxylic acids is 2. The molecule has 0 bridgehead atoms. The molecule has 0 aliphatic heterocycles. The van der Waals surface area contributed by atoms with E-state index in [2.05, 4.69) is 5.10 Å². The minimum Gasteiger partial charge on any atom is -0.465 e. The second-order valence-electron chi connectivity index (χ2n) is 6.86. The summed E-state index contributed by atoms with van der Waals surface area (Å²) in [6.45, 7) is 0. The molecule has 0 aliphatic rings. The third-order valence-corrected chi connectivity index (χ3v) is 5.16. The van der Waals surface area contributed by atoms with Crippen molar-refractivity contribution < 1.29 is 23.8 Å². The SMILES string of the molecule is COC(=O)c1c(-c2ccc(Oc3ccccc3Cl)cc2)nn(-c2ccccc2)c1C(=O)OC. The van der Waals surface area contributed by atoms with E-state index in [9.17, 15) is 9.59 Å². The number of nitrogens with zero attached hydrogens (tertiary/aromatic N) is 2. The van der Waals surface area contributed by atoms with E-state index in [1.165, 1.54) is 18.9 Å². The Labute approximate surface area is 195 Å². The maximum Gasteiger partial charge on any atom is 0.357 e. The summed E-state index contributed by atoms with van der Waals surface area (Å²) in [6.07, 6.45) is 0. The molecule has 8 heteroatoms. The largest absolute Gasteiger partial charge is 0.465 e. The maximum atomic E-state index is 12.7. The molecular weight excluding hydrogens is 444 g/mol. The van der Waals surface area contributed by atoms with Crippen molar-refractivity contribution in [2.24, 2.45) is 0 Å². The van der Waals surface area contributed by atoms with Crippen LogP contribution >= 0.6 is 11.6 Å². The van der Waals surface area contributed by atoms with E-state index in [0.29, 0.717) is 27.8 Å². The quantitative estimate of drug-likeness (QED) is 0.349. The van der Waals surface area contributed by atoms with Gasteiger partial charge in [0.2, 0.25) is 0 Å². The molecule has 0 aliphatic carbocycles. The number of esters is 2. The molecule has 3 aromatic carbocycles. The first-order chi connectivity index (χ1) is 16.0. The standard InChI is InChI=1S/C25H19ClN2O5/c1-31-24(29)21-22(27-28(23(21)25(30)32-2)17-8-4-3-5-9-17)16-12-14-18(15-13-16)33-20-11-7-6-10-19(20)26/h3-15H,1-2H3. The minimum absolute atomic E-state index is 0.00738. The summed E-state index contributed by atoms with van der Waals surface area (Å²) in [7, 11) is 2.49.